The van der Waals surface area contributed by atoms with Crippen molar-refractivity contribution in [3.63, 3.8) is 0 Å². The molecule has 0 atom stereocenters. The van der Waals surface area contributed by atoms with Gasteiger partial charge >= 0.3 is 11.9 Å². The van der Waals surface area contributed by atoms with Gasteiger partial charge in [0.1, 0.15) is 5.75 Å². The Morgan fingerprint density at radius 3 is 2.52 bits per heavy atom. The molecular formula is C34H45NO5. The van der Waals surface area contributed by atoms with E-state index in [1.54, 1.807) is 18.2 Å². The SMILES string of the molecule is CCCC(=O)Oc1ccc(NC(=O)/C=C(C)/C=C/C=C(C)/C=C/C2=C(C)CCCC2(C)C)cc1CCCC(=O)O. The van der Waals surface area contributed by atoms with E-state index in [0.29, 0.717) is 42.7 Å². The normalized spacial score (nSPS) is 16.1. The summed E-state index contributed by atoms with van der Waals surface area (Å²) in [5, 5.41) is 11.8. The second kappa shape index (κ2) is 15.8. The monoisotopic (exact) mass is 547 g/mol. The number of rotatable bonds is 13. The number of aliphatic carboxylic acids is 1. The van der Waals surface area contributed by atoms with Crippen LogP contribution in [0.3, 0.4) is 0 Å². The molecule has 40 heavy (non-hydrogen) atoms. The number of carbonyl (C=O) groups is 3. The minimum Gasteiger partial charge on any atom is -0.481 e. The number of benzene rings is 1. The Morgan fingerprint density at radius 2 is 1.85 bits per heavy atom. The lowest BCUT2D eigenvalue weighted by Crippen LogP contribution is -2.19. The van der Waals surface area contributed by atoms with Crippen molar-refractivity contribution in [3.8, 4) is 5.75 Å². The molecular weight excluding hydrogens is 502 g/mol. The Morgan fingerprint density at radius 1 is 1.10 bits per heavy atom. The molecule has 0 saturated carbocycles. The summed E-state index contributed by atoms with van der Waals surface area (Å²) in [4.78, 5) is 35.6. The van der Waals surface area contributed by atoms with Crippen LogP contribution in [0.2, 0.25) is 0 Å². The number of anilines is 1. The zero-order valence-electron chi connectivity index (χ0n) is 24.9. The van der Waals surface area contributed by atoms with Gasteiger partial charge in [-0.3, -0.25) is 14.4 Å². The first-order valence-electron chi connectivity index (χ1n) is 14.2. The molecule has 0 aliphatic heterocycles. The van der Waals surface area contributed by atoms with Gasteiger partial charge in [-0.05, 0) is 99.6 Å². The van der Waals surface area contributed by atoms with Gasteiger partial charge < -0.3 is 15.2 Å². The third kappa shape index (κ3) is 11.2. The zero-order valence-corrected chi connectivity index (χ0v) is 24.9. The van der Waals surface area contributed by atoms with Gasteiger partial charge in [0.25, 0.3) is 0 Å². The Kier molecular flexibility index (Phi) is 12.9. The highest BCUT2D eigenvalue weighted by molar-refractivity contribution is 6.00. The second-order valence-electron chi connectivity index (χ2n) is 11.2. The maximum Gasteiger partial charge on any atom is 0.311 e. The van der Waals surface area contributed by atoms with Crippen molar-refractivity contribution >= 4 is 23.5 Å². The number of hydrogen-bond acceptors (Lipinski definition) is 4. The number of esters is 1. The number of carboxylic acids is 1. The van der Waals surface area contributed by atoms with Gasteiger partial charge in [0, 0.05) is 24.6 Å². The molecule has 0 radical (unpaired) electrons. The molecule has 6 nitrogen and oxygen atoms in total. The number of carboxylic acid groups (broad SMARTS) is 1. The standard InChI is InChI=1S/C34H45NO5/c1-7-11-33(39)40-30-20-18-28(23-27(30)15-9-16-32(37)38)35-31(36)22-25(3)13-8-12-24(2)17-19-29-26(4)14-10-21-34(29,5)6/h8,12-13,17-20,22-23H,7,9-11,14-16,21H2,1-6H3,(H,35,36)(H,37,38)/b13-8+,19-17+,24-12+,25-22+. The minimum absolute atomic E-state index is 0.00635. The van der Waals surface area contributed by atoms with Crippen molar-refractivity contribution in [1.82, 2.24) is 0 Å². The maximum atomic E-state index is 12.6. The first kappa shape index (κ1) is 32.5. The molecule has 0 heterocycles. The van der Waals surface area contributed by atoms with Crippen LogP contribution in [-0.4, -0.2) is 23.0 Å². The van der Waals surface area contributed by atoms with E-state index in [0.717, 1.165) is 11.1 Å². The van der Waals surface area contributed by atoms with Crippen LogP contribution in [0.1, 0.15) is 92.1 Å². The van der Waals surface area contributed by atoms with E-state index >= 15 is 0 Å². The van der Waals surface area contributed by atoms with Crippen LogP contribution >= 0.6 is 0 Å². The molecule has 0 bridgehead atoms. The quantitative estimate of drug-likeness (QED) is 0.112. The van der Waals surface area contributed by atoms with Crippen LogP contribution in [0.4, 0.5) is 5.69 Å². The van der Waals surface area contributed by atoms with Gasteiger partial charge in [0.05, 0.1) is 0 Å². The lowest BCUT2D eigenvalue weighted by molar-refractivity contribution is -0.137. The zero-order chi connectivity index (χ0) is 29.7. The smallest absolute Gasteiger partial charge is 0.311 e. The summed E-state index contributed by atoms with van der Waals surface area (Å²) in [6.45, 7) is 12.7. The number of ether oxygens (including phenoxy) is 1. The van der Waals surface area contributed by atoms with E-state index < -0.39 is 5.97 Å². The lowest BCUT2D eigenvalue weighted by Gasteiger charge is -2.32. The molecule has 6 heteroatoms. The lowest BCUT2D eigenvalue weighted by atomic mass is 9.72. The average Bonchev–Trinajstić information content (AvgIpc) is 2.84. The Labute approximate surface area is 239 Å². The summed E-state index contributed by atoms with van der Waals surface area (Å²) in [6, 6.07) is 5.05. The van der Waals surface area contributed by atoms with Crippen LogP contribution in [-0.2, 0) is 20.8 Å². The van der Waals surface area contributed by atoms with Crippen LogP contribution in [0.25, 0.3) is 0 Å². The van der Waals surface area contributed by atoms with Gasteiger partial charge in [-0.25, -0.2) is 0 Å². The molecule has 0 spiro atoms. The molecule has 0 aromatic heterocycles. The first-order valence-corrected chi connectivity index (χ1v) is 14.2. The van der Waals surface area contributed by atoms with E-state index in [2.05, 4.69) is 45.2 Å². The van der Waals surface area contributed by atoms with E-state index in [4.69, 9.17) is 9.84 Å². The van der Waals surface area contributed by atoms with Crippen LogP contribution in [0.15, 0.2) is 76.9 Å². The highest BCUT2D eigenvalue weighted by atomic mass is 16.5. The fourth-order valence-electron chi connectivity index (χ4n) is 4.83. The van der Waals surface area contributed by atoms with Gasteiger partial charge in [0.15, 0.2) is 0 Å². The summed E-state index contributed by atoms with van der Waals surface area (Å²) in [5.41, 5.74) is 6.27. The van der Waals surface area contributed by atoms with E-state index in [-0.39, 0.29) is 23.7 Å². The molecule has 2 rings (SSSR count). The number of amides is 1. The first-order chi connectivity index (χ1) is 18.9. The molecule has 1 amide bonds. The van der Waals surface area contributed by atoms with Gasteiger partial charge in [0.2, 0.25) is 5.91 Å². The van der Waals surface area contributed by atoms with Crippen molar-refractivity contribution in [1.29, 1.82) is 0 Å². The van der Waals surface area contributed by atoms with Crippen molar-refractivity contribution in [3.05, 3.63) is 82.5 Å². The highest BCUT2D eigenvalue weighted by Gasteiger charge is 2.26. The molecule has 216 valence electrons. The summed E-state index contributed by atoms with van der Waals surface area (Å²) < 4.78 is 5.47. The van der Waals surface area contributed by atoms with Crippen molar-refractivity contribution in [2.45, 2.75) is 92.9 Å². The largest absolute Gasteiger partial charge is 0.481 e. The second-order valence-corrected chi connectivity index (χ2v) is 11.2. The molecule has 0 unspecified atom stereocenters. The maximum absolute atomic E-state index is 12.6. The Hall–Kier alpha value is -3.67. The van der Waals surface area contributed by atoms with Crippen molar-refractivity contribution < 1.29 is 24.2 Å². The van der Waals surface area contributed by atoms with Gasteiger partial charge in [-0.2, -0.15) is 0 Å². The molecule has 0 fully saturated rings. The number of hydrogen-bond donors (Lipinski definition) is 2. The molecule has 1 aliphatic rings. The summed E-state index contributed by atoms with van der Waals surface area (Å²) in [7, 11) is 0. The summed E-state index contributed by atoms with van der Waals surface area (Å²) >= 11 is 0. The third-order valence-corrected chi connectivity index (χ3v) is 6.98. The Balaban J connectivity index is 2.05. The number of aryl methyl sites for hydroxylation is 1. The molecule has 1 aromatic carbocycles. The molecule has 0 saturated heterocycles. The van der Waals surface area contributed by atoms with Crippen LogP contribution in [0, 0.1) is 5.41 Å². The average molecular weight is 548 g/mol. The highest BCUT2D eigenvalue weighted by Crippen LogP contribution is 2.40. The predicted molar refractivity (Wildman–Crippen MR) is 162 cm³/mol. The number of carbonyl (C=O) groups excluding carboxylic acids is 2. The fourth-order valence-corrected chi connectivity index (χ4v) is 4.83. The van der Waals surface area contributed by atoms with Gasteiger partial charge in [-0.1, -0.05) is 62.3 Å². The van der Waals surface area contributed by atoms with Crippen molar-refractivity contribution in [2.24, 2.45) is 5.41 Å². The summed E-state index contributed by atoms with van der Waals surface area (Å²) in [6.07, 6.45) is 17.2. The minimum atomic E-state index is -0.885. The van der Waals surface area contributed by atoms with Crippen LogP contribution < -0.4 is 10.1 Å². The molecule has 1 aromatic rings. The van der Waals surface area contributed by atoms with Crippen molar-refractivity contribution in [2.75, 3.05) is 5.32 Å². The topological polar surface area (TPSA) is 92.7 Å². The number of allylic oxidation sites excluding steroid dienone is 9. The van der Waals surface area contributed by atoms with E-state index in [9.17, 15) is 14.4 Å². The Bertz CT molecular complexity index is 1230. The van der Waals surface area contributed by atoms with Crippen LogP contribution in [0.5, 0.6) is 5.75 Å². The number of nitrogens with one attached hydrogen (secondary N) is 1. The predicted octanol–water partition coefficient (Wildman–Crippen LogP) is 8.27. The molecule has 2 N–H and O–H groups in total. The summed E-state index contributed by atoms with van der Waals surface area (Å²) in [5.74, 6) is -1.11. The van der Waals surface area contributed by atoms with E-state index in [1.807, 2.05) is 32.1 Å². The third-order valence-electron chi connectivity index (χ3n) is 6.98. The van der Waals surface area contributed by atoms with Gasteiger partial charge in [-0.15, -0.1) is 0 Å². The fraction of sp³-hybridized carbons (Fsp3) is 0.441. The molecule has 1 aliphatic carbocycles. The van der Waals surface area contributed by atoms with E-state index in [1.165, 1.54) is 36.5 Å².